The molecule has 1 atom stereocenters. The van der Waals surface area contributed by atoms with Crippen LogP contribution in [0, 0.1) is 6.92 Å². The molecule has 1 aromatic carbocycles. The number of hydrogen-bond donors (Lipinski definition) is 2. The summed E-state index contributed by atoms with van der Waals surface area (Å²) in [6, 6.07) is 14.4. The molecule has 30 heavy (non-hydrogen) atoms. The molecule has 0 spiro atoms. The van der Waals surface area contributed by atoms with Gasteiger partial charge in [0, 0.05) is 45.6 Å². The number of rotatable bonds is 9. The predicted octanol–water partition coefficient (Wildman–Crippen LogP) is 4.14. The second-order valence-electron chi connectivity index (χ2n) is 7.11. The lowest BCUT2D eigenvalue weighted by Gasteiger charge is -2.14. The van der Waals surface area contributed by atoms with Crippen LogP contribution in [0.15, 0.2) is 59.9 Å². The van der Waals surface area contributed by atoms with Gasteiger partial charge in [0.25, 0.3) is 0 Å². The fraction of sp³-hybridized carbons (Fsp3) is 0.391. The van der Waals surface area contributed by atoms with Gasteiger partial charge in [-0.3, -0.25) is 4.99 Å². The van der Waals surface area contributed by atoms with Gasteiger partial charge in [-0.05, 0) is 37.5 Å². The van der Waals surface area contributed by atoms with Gasteiger partial charge in [-0.2, -0.15) is 0 Å². The molecule has 162 valence electrons. The number of aromatic nitrogens is 2. The van der Waals surface area contributed by atoms with Crippen molar-refractivity contribution in [2.75, 3.05) is 26.7 Å². The summed E-state index contributed by atoms with van der Waals surface area (Å²) in [6.07, 6.45) is 6.00. The number of nitrogens with zero attached hydrogens (tertiary/aromatic N) is 3. The second kappa shape index (κ2) is 12.5. The van der Waals surface area contributed by atoms with Crippen molar-refractivity contribution >= 4 is 35.6 Å². The van der Waals surface area contributed by atoms with E-state index in [2.05, 4.69) is 58.3 Å². The molecule has 3 rings (SSSR count). The number of pyridine rings is 1. The molecule has 0 bridgehead atoms. The highest BCUT2D eigenvalue weighted by Gasteiger charge is 2.06. The molecule has 0 aliphatic carbocycles. The average Bonchev–Trinajstić information content (AvgIpc) is 3.17. The molecule has 7 heteroatoms. The lowest BCUT2D eigenvalue weighted by atomic mass is 10.1. The van der Waals surface area contributed by atoms with Gasteiger partial charge >= 0.3 is 0 Å². The van der Waals surface area contributed by atoms with Gasteiger partial charge < -0.3 is 19.8 Å². The standard InChI is InChI=1S/C23H31N5O.HI/c1-18-9-7-15-28-17-21(27-22(18)28)12-14-26-23(24-3)25-13-8-16-29-19(2)20-10-5-4-6-11-20;/h4-7,9-11,15,17,19H,8,12-14,16H2,1-3H3,(H2,24,25,26);1H. The third kappa shape index (κ3) is 6.98. The largest absolute Gasteiger partial charge is 0.374 e. The van der Waals surface area contributed by atoms with Crippen LogP contribution in [-0.2, 0) is 11.2 Å². The van der Waals surface area contributed by atoms with E-state index >= 15 is 0 Å². The molecule has 2 N–H and O–H groups in total. The Labute approximate surface area is 196 Å². The third-order valence-corrected chi connectivity index (χ3v) is 4.88. The van der Waals surface area contributed by atoms with Gasteiger partial charge in [-0.1, -0.05) is 36.4 Å². The quantitative estimate of drug-likeness (QED) is 0.192. The summed E-state index contributed by atoms with van der Waals surface area (Å²) in [5.41, 5.74) is 4.49. The molecule has 6 nitrogen and oxygen atoms in total. The summed E-state index contributed by atoms with van der Waals surface area (Å²) in [4.78, 5) is 8.99. The Bertz CT molecular complexity index is 926. The van der Waals surface area contributed by atoms with Crippen molar-refractivity contribution in [3.05, 3.63) is 71.7 Å². The monoisotopic (exact) mass is 521 g/mol. The van der Waals surface area contributed by atoms with Crippen LogP contribution in [0.5, 0.6) is 0 Å². The zero-order chi connectivity index (χ0) is 20.5. The fourth-order valence-corrected chi connectivity index (χ4v) is 3.21. The van der Waals surface area contributed by atoms with Crippen molar-refractivity contribution in [3.8, 4) is 0 Å². The SMILES string of the molecule is CN=C(NCCCOC(C)c1ccccc1)NCCc1cn2cccc(C)c2n1.I. The first-order valence-corrected chi connectivity index (χ1v) is 10.2. The van der Waals surface area contributed by atoms with Gasteiger partial charge in [-0.25, -0.2) is 4.98 Å². The predicted molar refractivity (Wildman–Crippen MR) is 134 cm³/mol. The number of hydrogen-bond acceptors (Lipinski definition) is 3. The maximum absolute atomic E-state index is 5.91. The van der Waals surface area contributed by atoms with Crippen molar-refractivity contribution in [3.63, 3.8) is 0 Å². The van der Waals surface area contributed by atoms with Crippen LogP contribution in [-0.4, -0.2) is 42.1 Å². The number of aliphatic imine (C=N–C) groups is 1. The van der Waals surface area contributed by atoms with Crippen molar-refractivity contribution in [2.45, 2.75) is 32.8 Å². The third-order valence-electron chi connectivity index (χ3n) is 4.88. The van der Waals surface area contributed by atoms with E-state index in [0.29, 0.717) is 6.61 Å². The zero-order valence-electron chi connectivity index (χ0n) is 18.0. The number of benzene rings is 1. The van der Waals surface area contributed by atoms with Gasteiger partial charge in [0.2, 0.25) is 0 Å². The summed E-state index contributed by atoms with van der Waals surface area (Å²) >= 11 is 0. The molecule has 0 fully saturated rings. The lowest BCUT2D eigenvalue weighted by Crippen LogP contribution is -2.39. The Morgan fingerprint density at radius 3 is 2.63 bits per heavy atom. The minimum absolute atomic E-state index is 0. The van der Waals surface area contributed by atoms with Gasteiger partial charge in [0.15, 0.2) is 5.96 Å². The Hall–Kier alpha value is -2.13. The summed E-state index contributed by atoms with van der Waals surface area (Å²) in [5, 5.41) is 6.69. The first kappa shape index (κ1) is 24.1. The Morgan fingerprint density at radius 1 is 1.13 bits per heavy atom. The number of fused-ring (bicyclic) bond motifs is 1. The van der Waals surface area contributed by atoms with E-state index in [4.69, 9.17) is 9.72 Å². The maximum Gasteiger partial charge on any atom is 0.190 e. The highest BCUT2D eigenvalue weighted by atomic mass is 127. The molecule has 0 saturated carbocycles. The molecule has 2 heterocycles. The Kier molecular flexibility index (Phi) is 10.1. The Morgan fingerprint density at radius 2 is 1.90 bits per heavy atom. The van der Waals surface area contributed by atoms with Gasteiger partial charge in [0.1, 0.15) is 5.65 Å². The van der Waals surface area contributed by atoms with Crippen LogP contribution < -0.4 is 10.6 Å². The van der Waals surface area contributed by atoms with Crippen molar-refractivity contribution < 1.29 is 4.74 Å². The van der Waals surface area contributed by atoms with Crippen LogP contribution in [0.2, 0.25) is 0 Å². The summed E-state index contributed by atoms with van der Waals surface area (Å²) in [5.74, 6) is 0.807. The lowest BCUT2D eigenvalue weighted by molar-refractivity contribution is 0.0646. The highest BCUT2D eigenvalue weighted by Crippen LogP contribution is 2.15. The topological polar surface area (TPSA) is 63.0 Å². The molecule has 1 unspecified atom stereocenters. The maximum atomic E-state index is 5.91. The van der Waals surface area contributed by atoms with Gasteiger partial charge in [-0.15, -0.1) is 24.0 Å². The number of imidazole rings is 1. The van der Waals surface area contributed by atoms with Crippen LogP contribution in [0.3, 0.4) is 0 Å². The molecule has 2 aromatic heterocycles. The smallest absolute Gasteiger partial charge is 0.190 e. The summed E-state index contributed by atoms with van der Waals surface area (Å²) in [6.45, 7) is 6.48. The Balaban J connectivity index is 0.00000320. The number of nitrogens with one attached hydrogen (secondary N) is 2. The second-order valence-corrected chi connectivity index (χ2v) is 7.11. The average molecular weight is 521 g/mol. The van der Waals surface area contributed by atoms with E-state index in [9.17, 15) is 0 Å². The first-order chi connectivity index (χ1) is 14.2. The summed E-state index contributed by atoms with van der Waals surface area (Å²) < 4.78 is 7.99. The van der Waals surface area contributed by atoms with Gasteiger partial charge in [0.05, 0.1) is 11.8 Å². The van der Waals surface area contributed by atoms with Crippen molar-refractivity contribution in [2.24, 2.45) is 4.99 Å². The number of halogens is 1. The van der Waals surface area contributed by atoms with E-state index in [1.165, 1.54) is 11.1 Å². The highest BCUT2D eigenvalue weighted by molar-refractivity contribution is 14.0. The number of aryl methyl sites for hydroxylation is 1. The molecule has 0 aliphatic heterocycles. The van der Waals surface area contributed by atoms with Crippen molar-refractivity contribution in [1.29, 1.82) is 0 Å². The van der Waals surface area contributed by atoms with Crippen LogP contribution in [0.25, 0.3) is 5.65 Å². The van der Waals surface area contributed by atoms with E-state index in [1.807, 2.05) is 30.5 Å². The van der Waals surface area contributed by atoms with E-state index in [1.54, 1.807) is 7.05 Å². The molecule has 0 amide bonds. The molecule has 0 aliphatic rings. The molecule has 0 saturated heterocycles. The number of ether oxygens (including phenoxy) is 1. The first-order valence-electron chi connectivity index (χ1n) is 10.2. The van der Waals surface area contributed by atoms with E-state index in [0.717, 1.165) is 43.2 Å². The van der Waals surface area contributed by atoms with Crippen LogP contribution in [0.1, 0.15) is 36.3 Å². The molecular formula is C23H32IN5O. The van der Waals surface area contributed by atoms with Crippen molar-refractivity contribution in [1.82, 2.24) is 20.0 Å². The molecule has 0 radical (unpaired) electrons. The van der Waals surface area contributed by atoms with E-state index < -0.39 is 0 Å². The van der Waals surface area contributed by atoms with Crippen LogP contribution >= 0.6 is 24.0 Å². The van der Waals surface area contributed by atoms with E-state index in [-0.39, 0.29) is 30.1 Å². The normalized spacial score (nSPS) is 12.4. The number of guanidine groups is 1. The molecule has 3 aromatic rings. The van der Waals surface area contributed by atoms with Crippen LogP contribution in [0.4, 0.5) is 0 Å². The molecular weight excluding hydrogens is 489 g/mol. The summed E-state index contributed by atoms with van der Waals surface area (Å²) in [7, 11) is 1.79. The fourth-order valence-electron chi connectivity index (χ4n) is 3.21. The zero-order valence-corrected chi connectivity index (χ0v) is 20.3. The minimum Gasteiger partial charge on any atom is -0.374 e. The minimum atomic E-state index is 0.